The van der Waals surface area contributed by atoms with Crippen LogP contribution < -0.4 is 10.5 Å². The molecule has 0 aliphatic rings. The Hall–Kier alpha value is -1.05. The lowest BCUT2D eigenvalue weighted by Gasteiger charge is -2.25. The van der Waals surface area contributed by atoms with Gasteiger partial charge >= 0.3 is 0 Å². The molecule has 19 heavy (non-hydrogen) atoms. The molecule has 0 unspecified atom stereocenters. The van der Waals surface area contributed by atoms with Crippen molar-refractivity contribution in [1.29, 1.82) is 0 Å². The van der Waals surface area contributed by atoms with E-state index in [0.29, 0.717) is 0 Å². The number of nitrogens with two attached hydrogens (primary N) is 1. The van der Waals surface area contributed by atoms with Gasteiger partial charge in [-0.3, -0.25) is 4.98 Å². The van der Waals surface area contributed by atoms with Crippen molar-refractivity contribution in [2.75, 3.05) is 0 Å². The summed E-state index contributed by atoms with van der Waals surface area (Å²) in [6.07, 6.45) is 3.07. The average molecular weight is 301 g/mol. The molecule has 0 radical (unpaired) electrons. The summed E-state index contributed by atoms with van der Waals surface area (Å²) in [6, 6.07) is 3.00. The van der Waals surface area contributed by atoms with Crippen LogP contribution in [0.2, 0.25) is 0 Å². The molecule has 3 N–H and O–H groups in total. The third-order valence-electron chi connectivity index (χ3n) is 2.58. The van der Waals surface area contributed by atoms with E-state index >= 15 is 0 Å². The lowest BCUT2D eigenvalue weighted by molar-refractivity contribution is 0.417. The van der Waals surface area contributed by atoms with Gasteiger partial charge < -0.3 is 5.73 Å². The summed E-state index contributed by atoms with van der Waals surface area (Å²) in [7, 11) is -3.70. The molecule has 1 aromatic heterocycles. The highest BCUT2D eigenvalue weighted by molar-refractivity contribution is 7.89. The minimum absolute atomic E-state index is 0.0201. The molecule has 0 aliphatic heterocycles. The van der Waals surface area contributed by atoms with Crippen LogP contribution in [0.25, 0.3) is 0 Å². The van der Waals surface area contributed by atoms with Crippen LogP contribution in [-0.4, -0.2) is 23.9 Å². The normalized spacial score (nSPS) is 12.4. The maximum atomic E-state index is 12.4. The van der Waals surface area contributed by atoms with Gasteiger partial charge in [-0.25, -0.2) is 13.1 Å². The van der Waals surface area contributed by atoms with Crippen molar-refractivity contribution in [1.82, 2.24) is 9.71 Å². The Kier molecular flexibility index (Phi) is 5.00. The first-order valence-corrected chi connectivity index (χ1v) is 7.87. The fourth-order valence-electron chi connectivity index (χ4n) is 1.89. The molecule has 0 atom stereocenters. The molecule has 0 amide bonds. The molecule has 0 aliphatic carbocycles. The predicted molar refractivity (Wildman–Crippen MR) is 79.4 cm³/mol. The quantitative estimate of drug-likeness (QED) is 0.779. The van der Waals surface area contributed by atoms with E-state index in [1.54, 1.807) is 6.07 Å². The molecule has 0 bridgehead atoms. The Labute approximate surface area is 119 Å². The van der Waals surface area contributed by atoms with Gasteiger partial charge in [-0.15, -0.1) is 0 Å². The first kappa shape index (κ1) is 16.0. The lowest BCUT2D eigenvalue weighted by Crippen LogP contribution is -2.43. The molecule has 1 heterocycles. The SMILES string of the molecule is CCCC(C)(C)NS(=O)(=O)c1cccnc1C(N)=S. The van der Waals surface area contributed by atoms with Crippen molar-refractivity contribution in [2.24, 2.45) is 5.73 Å². The van der Waals surface area contributed by atoms with Crippen LogP contribution in [0.4, 0.5) is 0 Å². The molecular weight excluding hydrogens is 282 g/mol. The summed E-state index contributed by atoms with van der Waals surface area (Å²) in [5.41, 5.74) is 5.10. The molecule has 0 fully saturated rings. The van der Waals surface area contributed by atoms with E-state index < -0.39 is 15.6 Å². The van der Waals surface area contributed by atoms with Crippen LogP contribution in [0.3, 0.4) is 0 Å². The van der Waals surface area contributed by atoms with E-state index in [1.165, 1.54) is 12.3 Å². The first-order chi connectivity index (χ1) is 8.69. The highest BCUT2D eigenvalue weighted by atomic mass is 32.2. The molecule has 1 aromatic rings. The summed E-state index contributed by atoms with van der Waals surface area (Å²) in [5.74, 6) is 0. The topological polar surface area (TPSA) is 85.1 Å². The highest BCUT2D eigenvalue weighted by Gasteiger charge is 2.28. The van der Waals surface area contributed by atoms with Crippen molar-refractivity contribution in [3.05, 3.63) is 24.0 Å². The Morgan fingerprint density at radius 3 is 2.68 bits per heavy atom. The molecular formula is C12H19N3O2S2. The zero-order chi connectivity index (χ0) is 14.7. The molecule has 0 aromatic carbocycles. The summed E-state index contributed by atoms with van der Waals surface area (Å²) in [6.45, 7) is 5.68. The van der Waals surface area contributed by atoms with Crippen LogP contribution in [0.5, 0.6) is 0 Å². The second-order valence-corrected chi connectivity index (χ2v) is 7.04. The maximum absolute atomic E-state index is 12.4. The van der Waals surface area contributed by atoms with Crippen LogP contribution in [-0.2, 0) is 10.0 Å². The number of sulfonamides is 1. The number of hydrogen-bond donors (Lipinski definition) is 2. The Morgan fingerprint density at radius 2 is 2.16 bits per heavy atom. The number of aromatic nitrogens is 1. The van der Waals surface area contributed by atoms with Crippen LogP contribution >= 0.6 is 12.2 Å². The van der Waals surface area contributed by atoms with E-state index in [0.717, 1.165) is 12.8 Å². The zero-order valence-corrected chi connectivity index (χ0v) is 12.9. The average Bonchev–Trinajstić information content (AvgIpc) is 2.27. The number of rotatable bonds is 6. The molecule has 0 spiro atoms. The summed E-state index contributed by atoms with van der Waals surface area (Å²) < 4.78 is 27.4. The van der Waals surface area contributed by atoms with E-state index in [9.17, 15) is 8.42 Å². The van der Waals surface area contributed by atoms with E-state index in [-0.39, 0.29) is 15.6 Å². The lowest BCUT2D eigenvalue weighted by atomic mass is 10.0. The monoisotopic (exact) mass is 301 g/mol. The van der Waals surface area contributed by atoms with Gasteiger partial charge in [0.2, 0.25) is 10.0 Å². The molecule has 0 saturated carbocycles. The van der Waals surface area contributed by atoms with Crippen molar-refractivity contribution in [3.63, 3.8) is 0 Å². The fraction of sp³-hybridized carbons (Fsp3) is 0.500. The minimum atomic E-state index is -3.70. The largest absolute Gasteiger partial charge is 0.388 e. The fourth-order valence-corrected chi connectivity index (χ4v) is 3.73. The van der Waals surface area contributed by atoms with Gasteiger partial charge in [0.25, 0.3) is 0 Å². The Morgan fingerprint density at radius 1 is 1.53 bits per heavy atom. The standard InChI is InChI=1S/C12H19N3O2S2/c1-4-7-12(2,3)15-19(16,17)9-6-5-8-14-10(9)11(13)18/h5-6,8,15H,4,7H2,1-3H3,(H2,13,18). The van der Waals surface area contributed by atoms with E-state index in [4.69, 9.17) is 18.0 Å². The van der Waals surface area contributed by atoms with Gasteiger partial charge in [0.15, 0.2) is 0 Å². The summed E-state index contributed by atoms with van der Waals surface area (Å²) in [4.78, 5) is 3.92. The van der Waals surface area contributed by atoms with Gasteiger partial charge in [0.05, 0.1) is 0 Å². The molecule has 106 valence electrons. The summed E-state index contributed by atoms with van der Waals surface area (Å²) in [5, 5.41) is 0. The Balaban J connectivity index is 3.18. The number of thiocarbonyl (C=S) groups is 1. The van der Waals surface area contributed by atoms with Gasteiger partial charge in [-0.05, 0) is 32.4 Å². The van der Waals surface area contributed by atoms with Gasteiger partial charge in [0, 0.05) is 11.7 Å². The van der Waals surface area contributed by atoms with Crippen molar-refractivity contribution in [3.8, 4) is 0 Å². The number of nitrogens with zero attached hydrogens (tertiary/aromatic N) is 1. The van der Waals surface area contributed by atoms with Gasteiger partial charge in [-0.1, -0.05) is 25.6 Å². The number of nitrogens with one attached hydrogen (secondary N) is 1. The maximum Gasteiger partial charge on any atom is 0.243 e. The van der Waals surface area contributed by atoms with Crippen LogP contribution in [0.15, 0.2) is 23.2 Å². The van der Waals surface area contributed by atoms with Gasteiger partial charge in [0.1, 0.15) is 15.6 Å². The van der Waals surface area contributed by atoms with Gasteiger partial charge in [-0.2, -0.15) is 0 Å². The van der Waals surface area contributed by atoms with Crippen molar-refractivity contribution < 1.29 is 8.42 Å². The molecule has 0 saturated heterocycles. The number of hydrogen-bond acceptors (Lipinski definition) is 4. The molecule has 5 nitrogen and oxygen atoms in total. The molecule has 7 heteroatoms. The predicted octanol–water partition coefficient (Wildman–Crippen LogP) is 1.57. The smallest absolute Gasteiger partial charge is 0.243 e. The minimum Gasteiger partial charge on any atom is -0.388 e. The van der Waals surface area contributed by atoms with E-state index in [2.05, 4.69) is 9.71 Å². The third kappa shape index (κ3) is 4.22. The second-order valence-electron chi connectivity index (χ2n) is 4.95. The Bertz CT molecular complexity index is 568. The third-order valence-corrected chi connectivity index (χ3v) is 4.50. The highest BCUT2D eigenvalue weighted by Crippen LogP contribution is 2.18. The molecule has 1 rings (SSSR count). The second kappa shape index (κ2) is 5.94. The van der Waals surface area contributed by atoms with Crippen molar-refractivity contribution in [2.45, 2.75) is 44.0 Å². The van der Waals surface area contributed by atoms with Crippen LogP contribution in [0.1, 0.15) is 39.3 Å². The van der Waals surface area contributed by atoms with Crippen LogP contribution in [0, 0.1) is 0 Å². The number of pyridine rings is 1. The first-order valence-electron chi connectivity index (χ1n) is 5.98. The summed E-state index contributed by atoms with van der Waals surface area (Å²) >= 11 is 4.83. The zero-order valence-electron chi connectivity index (χ0n) is 11.3. The van der Waals surface area contributed by atoms with E-state index in [1.807, 2.05) is 20.8 Å². The van der Waals surface area contributed by atoms with Crippen molar-refractivity contribution >= 4 is 27.2 Å².